The summed E-state index contributed by atoms with van der Waals surface area (Å²) in [6.45, 7) is -0.00447. The second kappa shape index (κ2) is 7.84. The molecule has 6 atom stereocenters. The molecule has 2 N–H and O–H groups in total. The molecule has 6 heteroatoms. The molecule has 0 amide bonds. The molecule has 2 heterocycles. The van der Waals surface area contributed by atoms with Crippen LogP contribution in [0, 0.1) is 0 Å². The molecule has 0 saturated carbocycles. The molecule has 0 aromatic heterocycles. The number of ether oxygens (including phenoxy) is 4. The van der Waals surface area contributed by atoms with Crippen molar-refractivity contribution in [2.24, 2.45) is 0 Å². The minimum atomic E-state index is -0.977. The molecule has 2 fully saturated rings. The third-order valence-electron chi connectivity index (χ3n) is 4.70. The van der Waals surface area contributed by atoms with Gasteiger partial charge in [-0.2, -0.15) is 0 Å². The highest BCUT2D eigenvalue weighted by Gasteiger charge is 2.46. The maximum absolute atomic E-state index is 10.8. The molecule has 138 valence electrons. The van der Waals surface area contributed by atoms with Gasteiger partial charge in [0.05, 0.1) is 13.2 Å². The number of hydrogen-bond acceptors (Lipinski definition) is 6. The van der Waals surface area contributed by atoms with Crippen LogP contribution >= 0.6 is 0 Å². The van der Waals surface area contributed by atoms with Gasteiger partial charge in [-0.05, 0) is 0 Å². The van der Waals surface area contributed by atoms with Crippen LogP contribution in [0.4, 0.5) is 0 Å². The van der Waals surface area contributed by atoms with Gasteiger partial charge in [0, 0.05) is 11.1 Å². The van der Waals surface area contributed by atoms with Crippen LogP contribution in [0.15, 0.2) is 60.7 Å². The largest absolute Gasteiger partial charge is 0.394 e. The molecule has 26 heavy (non-hydrogen) atoms. The Morgan fingerprint density at radius 1 is 0.846 bits per heavy atom. The fraction of sp³-hybridized carbons (Fsp3) is 0.400. The van der Waals surface area contributed by atoms with Gasteiger partial charge in [-0.1, -0.05) is 60.7 Å². The van der Waals surface area contributed by atoms with Crippen molar-refractivity contribution in [3.63, 3.8) is 0 Å². The van der Waals surface area contributed by atoms with E-state index in [1.165, 1.54) is 0 Å². The van der Waals surface area contributed by atoms with Crippen LogP contribution in [0.3, 0.4) is 0 Å². The molecule has 0 aliphatic carbocycles. The first kappa shape index (κ1) is 17.6. The van der Waals surface area contributed by atoms with E-state index in [1.54, 1.807) is 0 Å². The van der Waals surface area contributed by atoms with E-state index in [4.69, 9.17) is 18.9 Å². The lowest BCUT2D eigenvalue weighted by molar-refractivity contribution is -0.125. The molecule has 2 aromatic carbocycles. The molecule has 0 radical (unpaired) electrons. The zero-order valence-corrected chi connectivity index (χ0v) is 14.2. The Balaban J connectivity index is 1.43. The van der Waals surface area contributed by atoms with Crippen LogP contribution < -0.4 is 0 Å². The van der Waals surface area contributed by atoms with E-state index >= 15 is 0 Å². The first-order valence-electron chi connectivity index (χ1n) is 8.73. The minimum absolute atomic E-state index is 0.245. The van der Waals surface area contributed by atoms with E-state index in [2.05, 4.69) is 0 Å². The summed E-state index contributed by atoms with van der Waals surface area (Å²) in [5.74, 6) is 0. The average molecular weight is 358 g/mol. The van der Waals surface area contributed by atoms with Gasteiger partial charge in [0.1, 0.15) is 24.4 Å². The Labute approximate surface area is 151 Å². The number of hydrogen-bond donors (Lipinski definition) is 2. The summed E-state index contributed by atoms with van der Waals surface area (Å²) < 4.78 is 23.2. The van der Waals surface area contributed by atoms with Gasteiger partial charge in [0.15, 0.2) is 12.6 Å². The van der Waals surface area contributed by atoms with E-state index in [0.717, 1.165) is 11.1 Å². The average Bonchev–Trinajstić information content (AvgIpc) is 3.36. The first-order valence-corrected chi connectivity index (χ1v) is 8.73. The molecule has 6 nitrogen and oxygen atoms in total. The highest BCUT2D eigenvalue weighted by molar-refractivity contribution is 5.18. The fourth-order valence-corrected chi connectivity index (χ4v) is 3.31. The van der Waals surface area contributed by atoms with Gasteiger partial charge in [0.25, 0.3) is 0 Å². The zero-order chi connectivity index (χ0) is 17.9. The number of rotatable bonds is 5. The van der Waals surface area contributed by atoms with Crippen molar-refractivity contribution in [3.8, 4) is 0 Å². The Morgan fingerprint density at radius 3 is 2.08 bits per heavy atom. The van der Waals surface area contributed by atoms with Crippen LogP contribution in [0.5, 0.6) is 0 Å². The third kappa shape index (κ3) is 3.53. The molecular weight excluding hydrogens is 336 g/mol. The lowest BCUT2D eigenvalue weighted by atomic mass is 10.0. The molecule has 2 aliphatic heterocycles. The Kier molecular flexibility index (Phi) is 5.31. The highest BCUT2D eigenvalue weighted by Crippen LogP contribution is 2.36. The van der Waals surface area contributed by atoms with Gasteiger partial charge < -0.3 is 29.2 Å². The number of aliphatic hydroxyl groups excluding tert-OH is 2. The van der Waals surface area contributed by atoms with Gasteiger partial charge in [-0.3, -0.25) is 0 Å². The van der Waals surface area contributed by atoms with Gasteiger partial charge in [-0.25, -0.2) is 0 Å². The molecule has 2 unspecified atom stereocenters. The molecule has 2 aliphatic rings. The van der Waals surface area contributed by atoms with Crippen LogP contribution in [-0.2, 0) is 18.9 Å². The lowest BCUT2D eigenvalue weighted by Gasteiger charge is -2.24. The summed E-state index contributed by atoms with van der Waals surface area (Å²) in [5.41, 5.74) is 1.73. The van der Waals surface area contributed by atoms with E-state index in [1.807, 2.05) is 60.7 Å². The van der Waals surface area contributed by atoms with Gasteiger partial charge >= 0.3 is 0 Å². The van der Waals surface area contributed by atoms with Crippen molar-refractivity contribution in [3.05, 3.63) is 71.8 Å². The van der Waals surface area contributed by atoms with Crippen LogP contribution in [0.1, 0.15) is 23.7 Å². The number of aliphatic hydroxyl groups is 2. The first-order chi connectivity index (χ1) is 12.8. The number of benzene rings is 2. The Hall–Kier alpha value is -1.80. The van der Waals surface area contributed by atoms with Crippen LogP contribution in [0.25, 0.3) is 0 Å². The van der Waals surface area contributed by atoms with E-state index in [9.17, 15) is 10.2 Å². The smallest absolute Gasteiger partial charge is 0.184 e. The minimum Gasteiger partial charge on any atom is -0.394 e. The summed E-state index contributed by atoms with van der Waals surface area (Å²) in [5, 5.41) is 20.4. The Bertz CT molecular complexity index is 694. The van der Waals surface area contributed by atoms with Crippen molar-refractivity contribution in [1.29, 1.82) is 0 Å². The summed E-state index contributed by atoms with van der Waals surface area (Å²) in [6.07, 6.45) is -4.01. The highest BCUT2D eigenvalue weighted by atomic mass is 16.8. The summed E-state index contributed by atoms with van der Waals surface area (Å²) in [4.78, 5) is 0. The predicted molar refractivity (Wildman–Crippen MR) is 92.0 cm³/mol. The SMILES string of the molecule is OC[C@H]1OC(c2ccccc2)O[C@@H]1[C@@H](O)[C@@H]1COC(c2ccccc2)O1. The molecule has 4 rings (SSSR count). The van der Waals surface area contributed by atoms with Gasteiger partial charge in [0.2, 0.25) is 0 Å². The van der Waals surface area contributed by atoms with Crippen molar-refractivity contribution >= 4 is 0 Å². The lowest BCUT2D eigenvalue weighted by Crippen LogP contribution is -2.45. The second-order valence-corrected chi connectivity index (χ2v) is 6.44. The van der Waals surface area contributed by atoms with Gasteiger partial charge in [-0.15, -0.1) is 0 Å². The second-order valence-electron chi connectivity index (χ2n) is 6.44. The van der Waals surface area contributed by atoms with Crippen LogP contribution in [-0.4, -0.2) is 47.8 Å². The van der Waals surface area contributed by atoms with Crippen molar-refractivity contribution in [2.75, 3.05) is 13.2 Å². The zero-order valence-electron chi connectivity index (χ0n) is 14.2. The third-order valence-corrected chi connectivity index (χ3v) is 4.70. The summed E-state index contributed by atoms with van der Waals surface area (Å²) in [7, 11) is 0. The molecule has 0 spiro atoms. The predicted octanol–water partition coefficient (Wildman–Crippen LogP) is 1.94. The molecule has 2 aromatic rings. The molecule has 0 bridgehead atoms. The van der Waals surface area contributed by atoms with Crippen molar-refractivity contribution < 1.29 is 29.2 Å². The van der Waals surface area contributed by atoms with E-state index < -0.39 is 37.0 Å². The van der Waals surface area contributed by atoms with Crippen molar-refractivity contribution in [2.45, 2.75) is 37.0 Å². The summed E-state index contributed by atoms with van der Waals surface area (Å²) >= 11 is 0. The van der Waals surface area contributed by atoms with Crippen molar-refractivity contribution in [1.82, 2.24) is 0 Å². The van der Waals surface area contributed by atoms with E-state index in [-0.39, 0.29) is 13.2 Å². The standard InChI is InChI=1S/C20H22O6/c21-11-15-18(26-20(24-15)14-9-5-2-6-10-14)17(22)16-12-23-19(25-16)13-7-3-1-4-8-13/h1-10,15-22H,11-12H2/t15-,16+,17+,18+,19?,20?/m1/s1. The quantitative estimate of drug-likeness (QED) is 0.851. The molecule has 2 saturated heterocycles. The fourth-order valence-electron chi connectivity index (χ4n) is 3.31. The monoisotopic (exact) mass is 358 g/mol. The molecular formula is C20H22O6. The maximum atomic E-state index is 10.8. The van der Waals surface area contributed by atoms with E-state index in [0.29, 0.717) is 0 Å². The van der Waals surface area contributed by atoms with Crippen LogP contribution in [0.2, 0.25) is 0 Å². The maximum Gasteiger partial charge on any atom is 0.184 e. The summed E-state index contributed by atoms with van der Waals surface area (Å²) in [6, 6.07) is 19.0. The normalized spacial score (nSPS) is 32.6. The topological polar surface area (TPSA) is 77.4 Å². The Morgan fingerprint density at radius 2 is 1.46 bits per heavy atom.